The molecule has 2 rings (SSSR count). The average molecular weight is 368 g/mol. The number of anilines is 1. The average Bonchev–Trinajstić information content (AvgIpc) is 2.63. The van der Waals surface area contributed by atoms with Gasteiger partial charge in [-0.15, -0.1) is 0 Å². The van der Waals surface area contributed by atoms with Crippen molar-refractivity contribution in [3.63, 3.8) is 0 Å². The van der Waals surface area contributed by atoms with Crippen molar-refractivity contribution in [2.45, 2.75) is 25.8 Å². The minimum absolute atomic E-state index is 0.158. The standard InChI is InChI=1S/C18H19F3N2O3/c1-12(26-11-13-6-5-7-14(10-13)25-2)17(24)23-22-16-9-4-3-8-15(16)18(19,20)21/h3-10,12,22H,11H2,1-2H3,(H,23,24). The zero-order chi connectivity index (χ0) is 19.2. The van der Waals surface area contributed by atoms with E-state index in [1.807, 2.05) is 6.07 Å². The van der Waals surface area contributed by atoms with Crippen LogP contribution in [0.1, 0.15) is 18.1 Å². The molecule has 140 valence electrons. The predicted octanol–water partition coefficient (Wildman–Crippen LogP) is 3.76. The number of hydrogen-bond acceptors (Lipinski definition) is 4. The van der Waals surface area contributed by atoms with Gasteiger partial charge in [0.25, 0.3) is 5.91 Å². The highest BCUT2D eigenvalue weighted by molar-refractivity contribution is 5.81. The molecule has 0 bridgehead atoms. The van der Waals surface area contributed by atoms with Gasteiger partial charge >= 0.3 is 6.18 Å². The molecule has 8 heteroatoms. The summed E-state index contributed by atoms with van der Waals surface area (Å²) in [6, 6.07) is 12.0. The van der Waals surface area contributed by atoms with E-state index in [0.717, 1.165) is 11.6 Å². The third-order valence-corrected chi connectivity index (χ3v) is 3.56. The number of rotatable bonds is 7. The largest absolute Gasteiger partial charge is 0.497 e. The maximum absolute atomic E-state index is 12.9. The lowest BCUT2D eigenvalue weighted by molar-refractivity contribution is -0.137. The topological polar surface area (TPSA) is 59.6 Å². The fraction of sp³-hybridized carbons (Fsp3) is 0.278. The van der Waals surface area contributed by atoms with Gasteiger partial charge in [-0.2, -0.15) is 13.2 Å². The van der Waals surface area contributed by atoms with Crippen LogP contribution in [0.3, 0.4) is 0 Å². The van der Waals surface area contributed by atoms with Crippen LogP contribution in [0.4, 0.5) is 18.9 Å². The van der Waals surface area contributed by atoms with Crippen molar-refractivity contribution in [2.24, 2.45) is 0 Å². The molecule has 1 unspecified atom stereocenters. The third kappa shape index (κ3) is 5.38. The van der Waals surface area contributed by atoms with Gasteiger partial charge in [-0.1, -0.05) is 24.3 Å². The third-order valence-electron chi connectivity index (χ3n) is 3.56. The Morgan fingerprint density at radius 3 is 2.58 bits per heavy atom. The highest BCUT2D eigenvalue weighted by atomic mass is 19.4. The lowest BCUT2D eigenvalue weighted by Crippen LogP contribution is -2.38. The van der Waals surface area contributed by atoms with E-state index in [1.165, 1.54) is 25.1 Å². The Hall–Kier alpha value is -2.74. The molecule has 26 heavy (non-hydrogen) atoms. The molecule has 0 aliphatic carbocycles. The van der Waals surface area contributed by atoms with Crippen LogP contribution in [0, 0.1) is 0 Å². The van der Waals surface area contributed by atoms with Gasteiger partial charge in [0.15, 0.2) is 0 Å². The zero-order valence-electron chi connectivity index (χ0n) is 14.3. The van der Waals surface area contributed by atoms with Crippen LogP contribution in [0.2, 0.25) is 0 Å². The van der Waals surface area contributed by atoms with Gasteiger partial charge in [-0.25, -0.2) is 0 Å². The molecule has 0 aromatic heterocycles. The van der Waals surface area contributed by atoms with Crippen LogP contribution in [-0.2, 0) is 22.3 Å². The lowest BCUT2D eigenvalue weighted by atomic mass is 10.2. The molecule has 1 amide bonds. The van der Waals surface area contributed by atoms with Crippen LogP contribution in [0.25, 0.3) is 0 Å². The Labute approximate surface area is 149 Å². The molecule has 0 aliphatic heterocycles. The van der Waals surface area contributed by atoms with Gasteiger partial charge in [0.05, 0.1) is 25.0 Å². The summed E-state index contributed by atoms with van der Waals surface area (Å²) in [6.45, 7) is 1.66. The molecule has 1 atom stereocenters. The Kier molecular flexibility index (Phi) is 6.46. The smallest absolute Gasteiger partial charge is 0.418 e. The summed E-state index contributed by atoms with van der Waals surface area (Å²) in [5, 5.41) is 0. The van der Waals surface area contributed by atoms with Gasteiger partial charge in [-0.3, -0.25) is 15.6 Å². The van der Waals surface area contributed by atoms with Crippen molar-refractivity contribution in [1.82, 2.24) is 5.43 Å². The van der Waals surface area contributed by atoms with Gasteiger partial charge in [-0.05, 0) is 36.8 Å². The van der Waals surface area contributed by atoms with Crippen LogP contribution in [0.15, 0.2) is 48.5 Å². The fourth-order valence-corrected chi connectivity index (χ4v) is 2.13. The first kappa shape index (κ1) is 19.6. The Bertz CT molecular complexity index is 750. The monoisotopic (exact) mass is 368 g/mol. The molecule has 2 aromatic rings. The molecule has 2 N–H and O–H groups in total. The molecule has 2 aromatic carbocycles. The van der Waals surface area contributed by atoms with E-state index < -0.39 is 23.8 Å². The molecule has 0 saturated carbocycles. The molecule has 5 nitrogen and oxygen atoms in total. The van der Waals surface area contributed by atoms with Crippen LogP contribution >= 0.6 is 0 Å². The second kappa shape index (κ2) is 8.57. The van der Waals surface area contributed by atoms with E-state index in [1.54, 1.807) is 25.3 Å². The van der Waals surface area contributed by atoms with Crippen molar-refractivity contribution < 1.29 is 27.4 Å². The Balaban J connectivity index is 1.90. The van der Waals surface area contributed by atoms with Gasteiger partial charge < -0.3 is 9.47 Å². The number of carbonyl (C=O) groups is 1. The lowest BCUT2D eigenvalue weighted by Gasteiger charge is -2.17. The number of carbonyl (C=O) groups excluding carboxylic acids is 1. The number of hydrogen-bond donors (Lipinski definition) is 2. The summed E-state index contributed by atoms with van der Waals surface area (Å²) in [5.74, 6) is 0.0681. The minimum Gasteiger partial charge on any atom is -0.497 e. The van der Waals surface area contributed by atoms with E-state index in [0.29, 0.717) is 5.75 Å². The number of halogens is 3. The van der Waals surface area contributed by atoms with Crippen LogP contribution in [0.5, 0.6) is 5.75 Å². The van der Waals surface area contributed by atoms with Crippen molar-refractivity contribution in [3.8, 4) is 5.75 Å². The highest BCUT2D eigenvalue weighted by Crippen LogP contribution is 2.34. The van der Waals surface area contributed by atoms with Crippen molar-refractivity contribution in [1.29, 1.82) is 0 Å². The normalized spacial score (nSPS) is 12.3. The van der Waals surface area contributed by atoms with E-state index in [4.69, 9.17) is 9.47 Å². The first-order chi connectivity index (χ1) is 12.3. The fourth-order valence-electron chi connectivity index (χ4n) is 2.13. The summed E-state index contributed by atoms with van der Waals surface area (Å²) in [6.07, 6.45) is -5.39. The van der Waals surface area contributed by atoms with E-state index >= 15 is 0 Å². The second-order valence-electron chi connectivity index (χ2n) is 5.46. The summed E-state index contributed by atoms with van der Waals surface area (Å²) in [4.78, 5) is 12.0. The summed E-state index contributed by atoms with van der Waals surface area (Å²) >= 11 is 0. The van der Waals surface area contributed by atoms with E-state index in [9.17, 15) is 18.0 Å². The van der Waals surface area contributed by atoms with Crippen LogP contribution < -0.4 is 15.6 Å². The number of hydrazine groups is 1. The predicted molar refractivity (Wildman–Crippen MR) is 90.5 cm³/mol. The SMILES string of the molecule is COc1cccc(COC(C)C(=O)NNc2ccccc2C(F)(F)F)c1. The number of methoxy groups -OCH3 is 1. The van der Waals surface area contributed by atoms with Crippen molar-refractivity contribution in [3.05, 3.63) is 59.7 Å². The van der Waals surface area contributed by atoms with Crippen LogP contribution in [-0.4, -0.2) is 19.1 Å². The molecule has 0 spiro atoms. The molecule has 0 fully saturated rings. The summed E-state index contributed by atoms with van der Waals surface area (Å²) in [7, 11) is 1.54. The maximum Gasteiger partial charge on any atom is 0.418 e. The zero-order valence-corrected chi connectivity index (χ0v) is 14.3. The highest BCUT2D eigenvalue weighted by Gasteiger charge is 2.33. The van der Waals surface area contributed by atoms with Gasteiger partial charge in [0.1, 0.15) is 11.9 Å². The number of nitrogens with one attached hydrogen (secondary N) is 2. The number of benzene rings is 2. The first-order valence-corrected chi connectivity index (χ1v) is 7.78. The Morgan fingerprint density at radius 2 is 1.88 bits per heavy atom. The molecule has 0 radical (unpaired) electrons. The summed E-state index contributed by atoms with van der Waals surface area (Å²) < 4.78 is 49.3. The van der Waals surface area contributed by atoms with Crippen molar-refractivity contribution in [2.75, 3.05) is 12.5 Å². The Morgan fingerprint density at radius 1 is 1.15 bits per heavy atom. The number of amides is 1. The van der Waals surface area contributed by atoms with Gasteiger partial charge in [0.2, 0.25) is 0 Å². The van der Waals surface area contributed by atoms with Gasteiger partial charge in [0, 0.05) is 0 Å². The molecular weight excluding hydrogens is 349 g/mol. The maximum atomic E-state index is 12.9. The van der Waals surface area contributed by atoms with Crippen molar-refractivity contribution >= 4 is 11.6 Å². The number of para-hydroxylation sites is 1. The number of ether oxygens (including phenoxy) is 2. The first-order valence-electron chi connectivity index (χ1n) is 7.78. The van der Waals surface area contributed by atoms with E-state index in [-0.39, 0.29) is 12.3 Å². The molecule has 0 heterocycles. The molecular formula is C18H19F3N2O3. The van der Waals surface area contributed by atoms with E-state index in [2.05, 4.69) is 10.9 Å². The number of alkyl halides is 3. The molecule has 0 aliphatic rings. The molecule has 0 saturated heterocycles. The minimum atomic E-state index is -4.52. The quantitative estimate of drug-likeness (QED) is 0.731. The summed E-state index contributed by atoms with van der Waals surface area (Å²) in [5.41, 5.74) is 4.22. The second-order valence-corrected chi connectivity index (χ2v) is 5.46.